The van der Waals surface area contributed by atoms with Crippen molar-refractivity contribution in [3.8, 4) is 0 Å². The van der Waals surface area contributed by atoms with Gasteiger partial charge in [0, 0.05) is 17.4 Å². The lowest BCUT2D eigenvalue weighted by Gasteiger charge is -2.34. The van der Waals surface area contributed by atoms with Gasteiger partial charge >= 0.3 is 0 Å². The maximum Gasteiger partial charge on any atom is 0.274 e. The molecule has 28 heavy (non-hydrogen) atoms. The van der Waals surface area contributed by atoms with E-state index in [2.05, 4.69) is 15.3 Å². The highest BCUT2D eigenvalue weighted by molar-refractivity contribution is 6.02. The van der Waals surface area contributed by atoms with Crippen LogP contribution in [0.5, 0.6) is 0 Å². The first-order chi connectivity index (χ1) is 13.6. The molecule has 0 unspecified atom stereocenters. The van der Waals surface area contributed by atoms with Crippen molar-refractivity contribution in [2.45, 2.75) is 37.6 Å². The second-order valence-corrected chi connectivity index (χ2v) is 7.27. The number of halogens is 1. The molecule has 2 atom stereocenters. The zero-order chi connectivity index (χ0) is 19.6. The molecule has 4 rings (SSSR count). The van der Waals surface area contributed by atoms with Gasteiger partial charge in [-0.2, -0.15) is 0 Å². The number of allylic oxidation sites excluding steroid dienone is 1. The van der Waals surface area contributed by atoms with E-state index in [1.807, 2.05) is 6.08 Å². The molecule has 1 amide bonds. The van der Waals surface area contributed by atoms with Crippen LogP contribution in [0.25, 0.3) is 0 Å². The third-order valence-corrected chi connectivity index (χ3v) is 5.59. The molecule has 1 aliphatic heterocycles. The minimum Gasteiger partial charge on any atom is -0.384 e. The zero-order valence-corrected chi connectivity index (χ0v) is 15.4. The van der Waals surface area contributed by atoms with E-state index in [4.69, 9.17) is 10.7 Å². The second-order valence-electron chi connectivity index (χ2n) is 7.27. The van der Waals surface area contributed by atoms with Gasteiger partial charge in [0.25, 0.3) is 5.91 Å². The minimum absolute atomic E-state index is 0.221. The van der Waals surface area contributed by atoms with Gasteiger partial charge in [-0.1, -0.05) is 12.5 Å². The number of nitrogens with two attached hydrogens (primary N) is 1. The van der Waals surface area contributed by atoms with Gasteiger partial charge in [-0.15, -0.1) is 0 Å². The standard InChI is InChI=1S/C21H22FN5O/c22-17-8-7-15(26-20(28)18-9-11-24-13-25-18)12-16(17)21-10-3-5-14(21)4-1-2-6-19(23)27-21/h2,6-9,11-14H,1,3-5,10H2,(H2,23,27)(H,26,28)/b6-2+/t14-,21+/m1/s1. The fraction of sp³-hybridized carbons (Fsp3) is 0.333. The monoisotopic (exact) mass is 379 g/mol. The molecule has 1 aromatic carbocycles. The van der Waals surface area contributed by atoms with E-state index in [9.17, 15) is 9.18 Å². The molecule has 0 saturated heterocycles. The Bertz CT molecular complexity index is 943. The summed E-state index contributed by atoms with van der Waals surface area (Å²) in [6, 6.07) is 6.15. The third-order valence-electron chi connectivity index (χ3n) is 5.59. The van der Waals surface area contributed by atoms with Crippen molar-refractivity contribution in [1.29, 1.82) is 0 Å². The molecular formula is C21H22FN5O. The van der Waals surface area contributed by atoms with Gasteiger partial charge < -0.3 is 11.1 Å². The molecule has 2 aromatic rings. The Morgan fingerprint density at radius 3 is 3.00 bits per heavy atom. The second kappa shape index (κ2) is 7.50. The average molecular weight is 379 g/mol. The number of anilines is 1. The number of amides is 1. The molecular weight excluding hydrogens is 357 g/mol. The smallest absolute Gasteiger partial charge is 0.274 e. The summed E-state index contributed by atoms with van der Waals surface area (Å²) in [5, 5.41) is 2.79. The van der Waals surface area contributed by atoms with Crippen molar-refractivity contribution in [3.05, 3.63) is 66.0 Å². The highest BCUT2D eigenvalue weighted by Crippen LogP contribution is 2.50. The van der Waals surface area contributed by atoms with Crippen LogP contribution >= 0.6 is 0 Å². The summed E-state index contributed by atoms with van der Waals surface area (Å²) in [5.41, 5.74) is 6.64. The number of carbonyl (C=O) groups is 1. The van der Waals surface area contributed by atoms with Crippen LogP contribution in [0.15, 0.2) is 53.9 Å². The Morgan fingerprint density at radius 1 is 1.29 bits per heavy atom. The van der Waals surface area contributed by atoms with E-state index in [1.54, 1.807) is 18.2 Å². The van der Waals surface area contributed by atoms with Crippen LogP contribution in [0.1, 0.15) is 48.2 Å². The summed E-state index contributed by atoms with van der Waals surface area (Å²) in [7, 11) is 0. The number of benzene rings is 1. The topological polar surface area (TPSA) is 93.3 Å². The van der Waals surface area contributed by atoms with Crippen LogP contribution in [0, 0.1) is 11.7 Å². The predicted octanol–water partition coefficient (Wildman–Crippen LogP) is 3.57. The SMILES string of the molecule is NC1=N/[C@@]2(c3cc(NC(=O)c4ccncn4)ccc3F)CCC[C@H]2CC\C=C\1. The van der Waals surface area contributed by atoms with Crippen LogP contribution in [0.2, 0.25) is 0 Å². The van der Waals surface area contributed by atoms with Gasteiger partial charge in [0.1, 0.15) is 23.7 Å². The molecule has 2 heterocycles. The molecule has 6 nitrogen and oxygen atoms in total. The Labute approximate surface area is 162 Å². The number of aromatic nitrogens is 2. The number of hydrogen-bond acceptors (Lipinski definition) is 5. The molecule has 7 heteroatoms. The summed E-state index contributed by atoms with van der Waals surface area (Å²) < 4.78 is 14.9. The Balaban J connectivity index is 1.72. The number of fused-ring (bicyclic) bond motifs is 1. The van der Waals surface area contributed by atoms with Crippen molar-refractivity contribution in [3.63, 3.8) is 0 Å². The molecule has 1 aliphatic carbocycles. The van der Waals surface area contributed by atoms with Crippen molar-refractivity contribution in [2.75, 3.05) is 5.32 Å². The Hall–Kier alpha value is -3.09. The van der Waals surface area contributed by atoms with Crippen molar-refractivity contribution >= 4 is 17.4 Å². The van der Waals surface area contributed by atoms with Crippen LogP contribution in [-0.4, -0.2) is 21.7 Å². The van der Waals surface area contributed by atoms with Crippen LogP contribution in [0.3, 0.4) is 0 Å². The maximum absolute atomic E-state index is 14.9. The zero-order valence-electron chi connectivity index (χ0n) is 15.4. The van der Waals surface area contributed by atoms with Gasteiger partial charge in [0.05, 0.1) is 5.54 Å². The fourth-order valence-corrected chi connectivity index (χ4v) is 4.33. The molecule has 0 spiro atoms. The highest BCUT2D eigenvalue weighted by atomic mass is 19.1. The van der Waals surface area contributed by atoms with E-state index in [0.29, 0.717) is 17.1 Å². The average Bonchev–Trinajstić information content (AvgIpc) is 3.08. The number of carbonyl (C=O) groups excluding carboxylic acids is 1. The van der Waals surface area contributed by atoms with Crippen LogP contribution in [-0.2, 0) is 5.54 Å². The number of nitrogens with one attached hydrogen (secondary N) is 1. The van der Waals surface area contributed by atoms with Crippen molar-refractivity contribution in [2.24, 2.45) is 16.6 Å². The van der Waals surface area contributed by atoms with E-state index >= 15 is 0 Å². The Kier molecular flexibility index (Phi) is 4.90. The summed E-state index contributed by atoms with van der Waals surface area (Å²) in [5.74, 6) is -0.0585. The first-order valence-corrected chi connectivity index (χ1v) is 9.48. The van der Waals surface area contributed by atoms with E-state index in [1.165, 1.54) is 24.7 Å². The Morgan fingerprint density at radius 2 is 2.18 bits per heavy atom. The van der Waals surface area contributed by atoms with Crippen LogP contribution in [0.4, 0.5) is 10.1 Å². The van der Waals surface area contributed by atoms with Gasteiger partial charge in [-0.05, 0) is 61.9 Å². The number of nitrogens with zero attached hydrogens (tertiary/aromatic N) is 3. The minimum atomic E-state index is -0.686. The summed E-state index contributed by atoms with van der Waals surface area (Å²) >= 11 is 0. The quantitative estimate of drug-likeness (QED) is 0.852. The molecule has 1 fully saturated rings. The predicted molar refractivity (Wildman–Crippen MR) is 105 cm³/mol. The normalized spacial score (nSPS) is 27.0. The molecule has 144 valence electrons. The van der Waals surface area contributed by atoms with E-state index in [-0.39, 0.29) is 23.3 Å². The van der Waals surface area contributed by atoms with Crippen molar-refractivity contribution < 1.29 is 9.18 Å². The largest absolute Gasteiger partial charge is 0.384 e. The number of hydrogen-bond donors (Lipinski definition) is 2. The molecule has 0 bridgehead atoms. The maximum atomic E-state index is 14.9. The van der Waals surface area contributed by atoms with Gasteiger partial charge in [-0.25, -0.2) is 14.4 Å². The first-order valence-electron chi connectivity index (χ1n) is 9.48. The van der Waals surface area contributed by atoms with Crippen molar-refractivity contribution in [1.82, 2.24) is 9.97 Å². The fourth-order valence-electron chi connectivity index (χ4n) is 4.33. The molecule has 2 aliphatic rings. The summed E-state index contributed by atoms with van der Waals surface area (Å²) in [4.78, 5) is 24.9. The molecule has 0 radical (unpaired) electrons. The number of amidine groups is 1. The van der Waals surface area contributed by atoms with E-state index in [0.717, 1.165) is 32.1 Å². The lowest BCUT2D eigenvalue weighted by Crippen LogP contribution is -2.33. The van der Waals surface area contributed by atoms with Gasteiger partial charge in [0.2, 0.25) is 0 Å². The number of rotatable bonds is 3. The first kappa shape index (κ1) is 18.3. The van der Waals surface area contributed by atoms with Gasteiger partial charge in [-0.3, -0.25) is 9.79 Å². The molecule has 3 N–H and O–H groups in total. The lowest BCUT2D eigenvalue weighted by molar-refractivity contribution is 0.102. The highest BCUT2D eigenvalue weighted by Gasteiger charge is 2.46. The third kappa shape index (κ3) is 3.40. The van der Waals surface area contributed by atoms with Crippen LogP contribution < -0.4 is 11.1 Å². The van der Waals surface area contributed by atoms with Gasteiger partial charge in [0.15, 0.2) is 0 Å². The molecule has 1 aromatic heterocycles. The lowest BCUT2D eigenvalue weighted by atomic mass is 9.77. The number of aliphatic imine (C=N–C) groups is 1. The van der Waals surface area contributed by atoms with E-state index < -0.39 is 5.54 Å². The summed E-state index contributed by atoms with van der Waals surface area (Å²) in [6.07, 6.45) is 11.2. The molecule has 1 saturated carbocycles. The summed E-state index contributed by atoms with van der Waals surface area (Å²) in [6.45, 7) is 0.